The number of aliphatic hydroxyl groups is 1. The maximum atomic E-state index is 13.9. The lowest BCUT2D eigenvalue weighted by molar-refractivity contribution is -0.117. The highest BCUT2D eigenvalue weighted by Gasteiger charge is 2.46. The number of thiazole rings is 1. The molecule has 35 heavy (non-hydrogen) atoms. The zero-order chi connectivity index (χ0) is 24.5. The number of para-hydroxylation sites is 2. The quantitative estimate of drug-likeness (QED) is 0.374. The number of anilines is 1. The molecule has 8 heteroatoms. The summed E-state index contributed by atoms with van der Waals surface area (Å²) in [6, 6.07) is 19.1. The molecule has 0 saturated carbocycles. The molecule has 3 heterocycles. The molecule has 7 nitrogen and oxygen atoms in total. The molecule has 174 valence electrons. The number of aryl methyl sites for hydroxylation is 1. The van der Waals surface area contributed by atoms with Crippen molar-refractivity contribution in [3.8, 4) is 16.3 Å². The topological polar surface area (TPSA) is 92.6 Å². The van der Waals surface area contributed by atoms with Crippen molar-refractivity contribution in [1.29, 1.82) is 0 Å². The van der Waals surface area contributed by atoms with Crippen molar-refractivity contribution in [2.24, 2.45) is 0 Å². The second-order valence-corrected chi connectivity index (χ2v) is 8.92. The number of ether oxygens (including phenoxy) is 1. The van der Waals surface area contributed by atoms with Crippen LogP contribution in [-0.4, -0.2) is 33.9 Å². The van der Waals surface area contributed by atoms with E-state index in [0.29, 0.717) is 32.6 Å². The zero-order valence-corrected chi connectivity index (χ0v) is 19.8. The molecule has 0 radical (unpaired) electrons. The number of carbonyl (C=O) groups excluding carboxylic acids is 2. The standard InChI is InChI=1S/C27H21N3O4S/c1-16-25(35-26(29-16)18-8-4-3-5-9-18)23(31)21-22(17-12-14-28-15-13-17)30(27(33)24(21)32)19-10-6-7-11-20(19)34-2/h3-15,22,32H,1-2H3. The van der Waals surface area contributed by atoms with Gasteiger partial charge in [-0.25, -0.2) is 4.98 Å². The molecule has 1 amide bonds. The summed E-state index contributed by atoms with van der Waals surface area (Å²) in [5.74, 6) is -1.25. The average Bonchev–Trinajstić information content (AvgIpc) is 3.42. The van der Waals surface area contributed by atoms with E-state index in [2.05, 4.69) is 9.97 Å². The minimum atomic E-state index is -0.865. The second kappa shape index (κ2) is 9.15. The number of carbonyl (C=O) groups is 2. The molecule has 2 aromatic heterocycles. The number of amides is 1. The van der Waals surface area contributed by atoms with Crippen molar-refractivity contribution in [3.63, 3.8) is 0 Å². The molecular formula is C27H21N3O4S. The van der Waals surface area contributed by atoms with Gasteiger partial charge < -0.3 is 9.84 Å². The molecule has 1 aliphatic rings. The van der Waals surface area contributed by atoms with Gasteiger partial charge in [0.1, 0.15) is 10.8 Å². The van der Waals surface area contributed by atoms with Gasteiger partial charge in [0.15, 0.2) is 5.76 Å². The fourth-order valence-corrected chi connectivity index (χ4v) is 5.24. The molecule has 2 aromatic carbocycles. The van der Waals surface area contributed by atoms with Gasteiger partial charge in [-0.1, -0.05) is 42.5 Å². The number of Topliss-reactive ketones (excluding diaryl/α,β-unsaturated/α-hetero) is 1. The first-order valence-electron chi connectivity index (χ1n) is 10.9. The van der Waals surface area contributed by atoms with Crippen LogP contribution in [0.3, 0.4) is 0 Å². The van der Waals surface area contributed by atoms with Gasteiger partial charge in [-0.3, -0.25) is 19.5 Å². The Labute approximate surface area is 206 Å². The summed E-state index contributed by atoms with van der Waals surface area (Å²) in [7, 11) is 1.51. The van der Waals surface area contributed by atoms with Crippen molar-refractivity contribution in [1.82, 2.24) is 9.97 Å². The monoisotopic (exact) mass is 483 g/mol. The van der Waals surface area contributed by atoms with Crippen LogP contribution in [0, 0.1) is 6.92 Å². The lowest BCUT2D eigenvalue weighted by Crippen LogP contribution is -2.31. The van der Waals surface area contributed by atoms with Gasteiger partial charge >= 0.3 is 0 Å². The van der Waals surface area contributed by atoms with Crippen LogP contribution in [0.1, 0.15) is 27.0 Å². The maximum Gasteiger partial charge on any atom is 0.294 e. The summed E-state index contributed by atoms with van der Waals surface area (Å²) in [6.45, 7) is 1.75. The van der Waals surface area contributed by atoms with Gasteiger partial charge in [-0.15, -0.1) is 11.3 Å². The Kier molecular flexibility index (Phi) is 5.88. The molecule has 0 fully saturated rings. The maximum absolute atomic E-state index is 13.9. The number of nitrogens with zero attached hydrogens (tertiary/aromatic N) is 3. The average molecular weight is 484 g/mol. The predicted molar refractivity (Wildman–Crippen MR) is 134 cm³/mol. The molecule has 0 bridgehead atoms. The van der Waals surface area contributed by atoms with Crippen LogP contribution in [-0.2, 0) is 4.79 Å². The molecule has 1 unspecified atom stereocenters. The van der Waals surface area contributed by atoms with E-state index in [0.717, 1.165) is 5.56 Å². The Bertz CT molecular complexity index is 1450. The Morgan fingerprint density at radius 2 is 1.71 bits per heavy atom. The van der Waals surface area contributed by atoms with Crippen molar-refractivity contribution in [3.05, 3.63) is 107 Å². The molecule has 5 rings (SSSR count). The molecule has 1 N–H and O–H groups in total. The summed E-state index contributed by atoms with van der Waals surface area (Å²) >= 11 is 1.24. The largest absolute Gasteiger partial charge is 0.503 e. The van der Waals surface area contributed by atoms with E-state index in [1.54, 1.807) is 55.7 Å². The first-order valence-corrected chi connectivity index (χ1v) is 11.7. The SMILES string of the molecule is COc1ccccc1N1C(=O)C(O)=C(C(=O)c2sc(-c3ccccc3)nc2C)C1c1ccncc1. The van der Waals surface area contributed by atoms with Gasteiger partial charge in [-0.05, 0) is 36.8 Å². The first kappa shape index (κ1) is 22.5. The van der Waals surface area contributed by atoms with E-state index in [1.165, 1.54) is 23.3 Å². The summed E-state index contributed by atoms with van der Waals surface area (Å²) in [6.07, 6.45) is 3.17. The molecule has 0 saturated heterocycles. The van der Waals surface area contributed by atoms with Gasteiger partial charge in [0, 0.05) is 18.0 Å². The van der Waals surface area contributed by atoms with Crippen LogP contribution in [0.2, 0.25) is 0 Å². The normalized spacial score (nSPS) is 15.5. The van der Waals surface area contributed by atoms with Crippen LogP contribution in [0.5, 0.6) is 5.75 Å². The second-order valence-electron chi connectivity index (χ2n) is 7.92. The Morgan fingerprint density at radius 1 is 1.03 bits per heavy atom. The van der Waals surface area contributed by atoms with Crippen LogP contribution < -0.4 is 9.64 Å². The van der Waals surface area contributed by atoms with E-state index in [1.807, 2.05) is 30.3 Å². The lowest BCUT2D eigenvalue weighted by Gasteiger charge is -2.28. The fourth-order valence-electron chi connectivity index (χ4n) is 4.21. The lowest BCUT2D eigenvalue weighted by atomic mass is 9.95. The fraction of sp³-hybridized carbons (Fsp3) is 0.111. The molecule has 0 spiro atoms. The predicted octanol–water partition coefficient (Wildman–Crippen LogP) is 5.31. The van der Waals surface area contributed by atoms with Gasteiger partial charge in [0.05, 0.1) is 35.0 Å². The summed E-state index contributed by atoms with van der Waals surface area (Å²) < 4.78 is 5.48. The minimum Gasteiger partial charge on any atom is -0.503 e. The van der Waals surface area contributed by atoms with E-state index >= 15 is 0 Å². The first-order chi connectivity index (χ1) is 17.0. The number of benzene rings is 2. The van der Waals surface area contributed by atoms with Crippen molar-refractivity contribution in [2.45, 2.75) is 13.0 Å². The highest BCUT2D eigenvalue weighted by molar-refractivity contribution is 7.17. The summed E-state index contributed by atoms with van der Waals surface area (Å²) in [4.78, 5) is 37.7. The third-order valence-corrected chi connectivity index (χ3v) is 7.05. The highest BCUT2D eigenvalue weighted by Crippen LogP contribution is 2.45. The van der Waals surface area contributed by atoms with Gasteiger partial charge in [-0.2, -0.15) is 0 Å². The number of pyridine rings is 1. The highest BCUT2D eigenvalue weighted by atomic mass is 32.1. The number of hydrogen-bond acceptors (Lipinski definition) is 7. The number of rotatable bonds is 6. The van der Waals surface area contributed by atoms with Gasteiger partial charge in [0.25, 0.3) is 5.91 Å². The van der Waals surface area contributed by atoms with Crippen molar-refractivity contribution >= 4 is 28.7 Å². The van der Waals surface area contributed by atoms with E-state index in [9.17, 15) is 14.7 Å². The summed E-state index contributed by atoms with van der Waals surface area (Å²) in [5.41, 5.74) is 2.51. The third kappa shape index (κ3) is 3.87. The van der Waals surface area contributed by atoms with E-state index in [4.69, 9.17) is 4.74 Å². The minimum absolute atomic E-state index is 0.00142. The Hall–Kier alpha value is -4.30. The Morgan fingerprint density at radius 3 is 2.43 bits per heavy atom. The van der Waals surface area contributed by atoms with Gasteiger partial charge in [0.2, 0.25) is 5.78 Å². The van der Waals surface area contributed by atoms with E-state index < -0.39 is 23.5 Å². The number of methoxy groups -OCH3 is 1. The third-order valence-electron chi connectivity index (χ3n) is 5.84. The zero-order valence-electron chi connectivity index (χ0n) is 19.0. The van der Waals surface area contributed by atoms with Crippen LogP contribution in [0.15, 0.2) is 90.5 Å². The van der Waals surface area contributed by atoms with Crippen LogP contribution >= 0.6 is 11.3 Å². The number of ketones is 1. The number of hydrogen-bond donors (Lipinski definition) is 1. The van der Waals surface area contributed by atoms with Crippen molar-refractivity contribution < 1.29 is 19.4 Å². The van der Waals surface area contributed by atoms with E-state index in [-0.39, 0.29) is 5.57 Å². The Balaban J connectivity index is 1.64. The molecule has 4 aromatic rings. The van der Waals surface area contributed by atoms with Crippen LogP contribution in [0.4, 0.5) is 5.69 Å². The van der Waals surface area contributed by atoms with Crippen LogP contribution in [0.25, 0.3) is 10.6 Å². The summed E-state index contributed by atoms with van der Waals surface area (Å²) in [5, 5.41) is 11.7. The molecule has 1 atom stereocenters. The molecular weight excluding hydrogens is 462 g/mol. The number of aliphatic hydroxyl groups excluding tert-OH is 1. The smallest absolute Gasteiger partial charge is 0.294 e. The van der Waals surface area contributed by atoms with Crippen molar-refractivity contribution in [2.75, 3.05) is 12.0 Å². The number of aromatic nitrogens is 2. The molecule has 1 aliphatic heterocycles. The molecule has 0 aliphatic carbocycles.